The maximum atomic E-state index is 12.5. The quantitative estimate of drug-likeness (QED) is 0.813. The zero-order valence-electron chi connectivity index (χ0n) is 13.5. The lowest BCUT2D eigenvalue weighted by Gasteiger charge is -2.30. The molecule has 0 unspecified atom stereocenters. The topological polar surface area (TPSA) is 35.9 Å². The third-order valence-electron chi connectivity index (χ3n) is 4.01. The van der Waals surface area contributed by atoms with Gasteiger partial charge in [0.1, 0.15) is 6.17 Å². The molecule has 2 aromatic carbocycles. The van der Waals surface area contributed by atoms with E-state index in [1.807, 2.05) is 60.7 Å². The van der Waals surface area contributed by atoms with E-state index >= 15 is 0 Å². The Morgan fingerprint density at radius 1 is 1.04 bits per heavy atom. The molecule has 0 radical (unpaired) electrons. The highest BCUT2D eigenvalue weighted by Crippen LogP contribution is 2.32. The van der Waals surface area contributed by atoms with Crippen LogP contribution in [0, 0.1) is 0 Å². The van der Waals surface area contributed by atoms with Gasteiger partial charge in [-0.25, -0.2) is 5.01 Å². The molecule has 1 aliphatic heterocycles. The van der Waals surface area contributed by atoms with Crippen molar-refractivity contribution in [3.63, 3.8) is 0 Å². The molecule has 1 amide bonds. The van der Waals surface area contributed by atoms with E-state index in [1.54, 1.807) is 11.2 Å². The number of carbonyl (C=O) groups is 1. The second-order valence-corrected chi connectivity index (χ2v) is 5.94. The van der Waals surface area contributed by atoms with Gasteiger partial charge in [-0.1, -0.05) is 60.7 Å². The molecule has 1 fully saturated rings. The van der Waals surface area contributed by atoms with Crippen LogP contribution in [0.2, 0.25) is 0 Å². The first-order valence-corrected chi connectivity index (χ1v) is 7.88. The molecule has 1 saturated heterocycles. The first-order chi connectivity index (χ1) is 11.2. The van der Waals surface area contributed by atoms with Crippen LogP contribution >= 0.6 is 0 Å². The molecule has 1 atom stereocenters. The molecule has 2 aromatic rings. The normalized spacial score (nSPS) is 19.2. The highest BCUT2D eigenvalue weighted by molar-refractivity contribution is 5.84. The van der Waals surface area contributed by atoms with Gasteiger partial charge in [-0.2, -0.15) is 5.10 Å². The molecule has 0 bridgehead atoms. The Morgan fingerprint density at radius 3 is 2.26 bits per heavy atom. The van der Waals surface area contributed by atoms with Gasteiger partial charge in [0.25, 0.3) is 5.91 Å². The summed E-state index contributed by atoms with van der Waals surface area (Å²) in [6, 6.07) is 20.2. The van der Waals surface area contributed by atoms with E-state index in [0.717, 1.165) is 11.1 Å². The number of carbonyl (C=O) groups excluding carboxylic acids is 1. The maximum absolute atomic E-state index is 12.5. The van der Waals surface area contributed by atoms with Crippen LogP contribution in [0.4, 0.5) is 0 Å². The lowest BCUT2D eigenvalue weighted by molar-refractivity contribution is -0.128. The summed E-state index contributed by atoms with van der Waals surface area (Å²) >= 11 is 0. The molecule has 23 heavy (non-hydrogen) atoms. The average molecular weight is 307 g/mol. The molecule has 0 aliphatic carbocycles. The smallest absolute Gasteiger partial charge is 0.258 e. The molecular weight excluding hydrogens is 286 g/mol. The zero-order chi connectivity index (χ0) is 16.2. The summed E-state index contributed by atoms with van der Waals surface area (Å²) in [4.78, 5) is 14.6. The predicted molar refractivity (Wildman–Crippen MR) is 91.9 cm³/mol. The molecule has 3 rings (SSSR count). The summed E-state index contributed by atoms with van der Waals surface area (Å²) in [6.07, 6.45) is 1.60. The van der Waals surface area contributed by atoms with Crippen LogP contribution in [0.25, 0.3) is 0 Å². The zero-order valence-corrected chi connectivity index (χ0v) is 13.5. The van der Waals surface area contributed by atoms with Crippen molar-refractivity contribution in [2.45, 2.75) is 26.1 Å². The second-order valence-electron chi connectivity index (χ2n) is 5.94. The number of nitrogens with zero attached hydrogens (tertiary/aromatic N) is 3. The van der Waals surface area contributed by atoms with Crippen molar-refractivity contribution in [1.82, 2.24) is 9.91 Å². The van der Waals surface area contributed by atoms with Gasteiger partial charge in [0, 0.05) is 6.04 Å². The van der Waals surface area contributed by atoms with Crippen molar-refractivity contribution in [3.8, 4) is 0 Å². The Morgan fingerprint density at radius 2 is 1.65 bits per heavy atom. The van der Waals surface area contributed by atoms with Crippen molar-refractivity contribution in [2.75, 3.05) is 6.54 Å². The number of hydrazone groups is 1. The van der Waals surface area contributed by atoms with Gasteiger partial charge in [0.05, 0.1) is 12.8 Å². The van der Waals surface area contributed by atoms with Crippen molar-refractivity contribution < 1.29 is 4.79 Å². The maximum Gasteiger partial charge on any atom is 0.258 e. The van der Waals surface area contributed by atoms with Crippen LogP contribution in [0.3, 0.4) is 0 Å². The van der Waals surface area contributed by atoms with E-state index in [2.05, 4.69) is 23.8 Å². The number of benzene rings is 2. The van der Waals surface area contributed by atoms with E-state index in [-0.39, 0.29) is 18.1 Å². The summed E-state index contributed by atoms with van der Waals surface area (Å²) in [5.41, 5.74) is 2.06. The fraction of sp³-hybridized carbons (Fsp3) is 0.263. The molecule has 1 heterocycles. The Labute approximate surface area is 137 Å². The molecule has 0 N–H and O–H groups in total. The van der Waals surface area contributed by atoms with Crippen LogP contribution in [-0.4, -0.2) is 34.6 Å². The molecule has 1 aliphatic rings. The van der Waals surface area contributed by atoms with Crippen molar-refractivity contribution in [1.29, 1.82) is 0 Å². The van der Waals surface area contributed by atoms with Crippen LogP contribution in [0.15, 0.2) is 65.8 Å². The van der Waals surface area contributed by atoms with Gasteiger partial charge >= 0.3 is 0 Å². The largest absolute Gasteiger partial charge is 0.271 e. The summed E-state index contributed by atoms with van der Waals surface area (Å²) in [6.45, 7) is 4.60. The van der Waals surface area contributed by atoms with Gasteiger partial charge in [-0.05, 0) is 25.0 Å². The lowest BCUT2D eigenvalue weighted by atomic mass is 10.1. The highest BCUT2D eigenvalue weighted by Gasteiger charge is 2.40. The van der Waals surface area contributed by atoms with Crippen LogP contribution in [0.5, 0.6) is 0 Å². The monoisotopic (exact) mass is 307 g/mol. The van der Waals surface area contributed by atoms with Crippen LogP contribution in [0.1, 0.15) is 31.1 Å². The van der Waals surface area contributed by atoms with Gasteiger partial charge in [-0.3, -0.25) is 9.69 Å². The molecule has 0 aromatic heterocycles. The number of hydrogen-bond acceptors (Lipinski definition) is 3. The molecular formula is C19H21N3O. The first-order valence-electron chi connectivity index (χ1n) is 7.88. The number of amides is 1. The van der Waals surface area contributed by atoms with Crippen LogP contribution in [-0.2, 0) is 4.79 Å². The van der Waals surface area contributed by atoms with E-state index in [1.165, 1.54) is 0 Å². The second kappa shape index (κ2) is 6.75. The molecule has 4 nitrogen and oxygen atoms in total. The Kier molecular flexibility index (Phi) is 4.53. The first kappa shape index (κ1) is 15.4. The number of rotatable bonds is 4. The third kappa shape index (κ3) is 3.32. The van der Waals surface area contributed by atoms with Gasteiger partial charge < -0.3 is 0 Å². The molecule has 118 valence electrons. The minimum atomic E-state index is -0.149. The Hall–Kier alpha value is -2.46. The summed E-state index contributed by atoms with van der Waals surface area (Å²) < 4.78 is 0. The highest BCUT2D eigenvalue weighted by atomic mass is 16.2. The molecule has 0 saturated carbocycles. The molecule has 0 spiro atoms. The average Bonchev–Trinajstić information content (AvgIpc) is 2.91. The van der Waals surface area contributed by atoms with E-state index in [0.29, 0.717) is 6.54 Å². The van der Waals surface area contributed by atoms with E-state index in [4.69, 9.17) is 0 Å². The van der Waals surface area contributed by atoms with E-state index < -0.39 is 0 Å². The fourth-order valence-electron chi connectivity index (χ4n) is 2.81. The van der Waals surface area contributed by atoms with Crippen molar-refractivity contribution in [3.05, 3.63) is 71.8 Å². The van der Waals surface area contributed by atoms with Crippen molar-refractivity contribution in [2.24, 2.45) is 5.10 Å². The Bertz CT molecular complexity index is 682. The summed E-state index contributed by atoms with van der Waals surface area (Å²) in [5, 5.41) is 6.08. The SMILES string of the molecule is CC(C)N1CC(=O)N(/N=C\c2ccccc2)[C@@H]1c1ccccc1. The summed E-state index contributed by atoms with van der Waals surface area (Å²) in [5.74, 6) is 0.0275. The fourth-order valence-corrected chi connectivity index (χ4v) is 2.81. The Balaban J connectivity index is 1.93. The van der Waals surface area contributed by atoms with Crippen molar-refractivity contribution >= 4 is 12.1 Å². The lowest BCUT2D eigenvalue weighted by Crippen LogP contribution is -2.33. The number of hydrogen-bond donors (Lipinski definition) is 0. The van der Waals surface area contributed by atoms with E-state index in [9.17, 15) is 4.79 Å². The predicted octanol–water partition coefficient (Wildman–Crippen LogP) is 3.27. The van der Waals surface area contributed by atoms with Gasteiger partial charge in [-0.15, -0.1) is 0 Å². The standard InChI is InChI=1S/C19H21N3O/c1-15(2)21-14-18(23)22(19(21)17-11-7-4-8-12-17)20-13-16-9-5-3-6-10-16/h3-13,15,19H,14H2,1-2H3/b20-13-/t19-/m1/s1. The van der Waals surface area contributed by atoms with Crippen LogP contribution < -0.4 is 0 Å². The third-order valence-corrected chi connectivity index (χ3v) is 4.01. The minimum absolute atomic E-state index is 0.0275. The van der Waals surface area contributed by atoms with Gasteiger partial charge in [0.2, 0.25) is 0 Å². The minimum Gasteiger partial charge on any atom is -0.271 e. The summed E-state index contributed by atoms with van der Waals surface area (Å²) in [7, 11) is 0. The van der Waals surface area contributed by atoms with Gasteiger partial charge in [0.15, 0.2) is 0 Å². The molecule has 4 heteroatoms.